The van der Waals surface area contributed by atoms with Crippen molar-refractivity contribution >= 4 is 12.3 Å². The zero-order chi connectivity index (χ0) is 24.1. The Kier molecular flexibility index (Phi) is 6.63. The van der Waals surface area contributed by atoms with Gasteiger partial charge < -0.3 is 4.74 Å². The Hall–Kier alpha value is -4.13. The Morgan fingerprint density at radius 2 is 1.68 bits per heavy atom. The second kappa shape index (κ2) is 9.79. The van der Waals surface area contributed by atoms with Crippen LogP contribution in [-0.4, -0.2) is 32.7 Å². The lowest BCUT2D eigenvalue weighted by molar-refractivity contribution is 0.0510. The predicted molar refractivity (Wildman–Crippen MR) is 130 cm³/mol. The van der Waals surface area contributed by atoms with Crippen LogP contribution in [-0.2, 0) is 11.3 Å². The average Bonchev–Trinajstić information content (AvgIpc) is 3.19. The van der Waals surface area contributed by atoms with E-state index in [1.165, 1.54) is 16.8 Å². The molecule has 0 aliphatic carbocycles. The van der Waals surface area contributed by atoms with Gasteiger partial charge in [-0.05, 0) is 68.3 Å². The van der Waals surface area contributed by atoms with Crippen LogP contribution >= 0.6 is 0 Å². The van der Waals surface area contributed by atoms with E-state index >= 15 is 0 Å². The lowest BCUT2D eigenvalue weighted by Gasteiger charge is -2.19. The summed E-state index contributed by atoms with van der Waals surface area (Å²) >= 11 is 0. The van der Waals surface area contributed by atoms with Crippen LogP contribution in [0.5, 0.6) is 0 Å². The van der Waals surface area contributed by atoms with Gasteiger partial charge in [0.05, 0.1) is 12.2 Å². The fourth-order valence-corrected chi connectivity index (χ4v) is 3.46. The first-order valence-electron chi connectivity index (χ1n) is 10.9. The van der Waals surface area contributed by atoms with Crippen molar-refractivity contribution in [3.8, 4) is 22.4 Å². The third kappa shape index (κ3) is 5.43. The van der Waals surface area contributed by atoms with Gasteiger partial charge in [-0.2, -0.15) is 9.78 Å². The molecule has 0 atom stereocenters. The number of rotatable bonds is 5. The largest absolute Gasteiger partial charge is 0.442 e. The molecule has 6 nitrogen and oxygen atoms in total. The zero-order valence-electron chi connectivity index (χ0n) is 19.3. The lowest BCUT2D eigenvalue weighted by Crippen LogP contribution is -2.28. The molecule has 2 aromatic carbocycles. The molecular weight excluding hydrogens is 431 g/mol. The van der Waals surface area contributed by atoms with Gasteiger partial charge in [0.2, 0.25) is 0 Å². The Bertz CT molecular complexity index is 1290. The fraction of sp³-hybridized carbons (Fsp3) is 0.185. The Morgan fingerprint density at radius 1 is 1.00 bits per heavy atom. The maximum Gasteiger partial charge on any atom is 0.435 e. The van der Waals surface area contributed by atoms with Gasteiger partial charge in [0, 0.05) is 29.7 Å². The van der Waals surface area contributed by atoms with Gasteiger partial charge in [0.25, 0.3) is 0 Å². The van der Waals surface area contributed by atoms with Crippen LogP contribution in [0, 0.1) is 5.82 Å². The number of hydrogen-bond donors (Lipinski definition) is 0. The third-order valence-corrected chi connectivity index (χ3v) is 4.92. The number of aliphatic imine (C=N–C) groups is 1. The highest BCUT2D eigenvalue weighted by molar-refractivity contribution is 5.86. The number of hydrogen-bond acceptors (Lipinski definition) is 5. The van der Waals surface area contributed by atoms with Gasteiger partial charge in [0.1, 0.15) is 17.1 Å². The van der Waals surface area contributed by atoms with Gasteiger partial charge in [0.15, 0.2) is 0 Å². The van der Waals surface area contributed by atoms with Crippen molar-refractivity contribution in [1.82, 2.24) is 14.8 Å². The molecule has 7 heteroatoms. The normalized spacial score (nSPS) is 11.6. The van der Waals surface area contributed by atoms with Gasteiger partial charge in [-0.25, -0.2) is 9.18 Å². The number of benzene rings is 2. The third-order valence-electron chi connectivity index (χ3n) is 4.92. The number of pyridine rings is 1. The average molecular weight is 457 g/mol. The van der Waals surface area contributed by atoms with Crippen LogP contribution in [0.4, 0.5) is 9.18 Å². The summed E-state index contributed by atoms with van der Waals surface area (Å²) in [5.74, 6) is -0.353. The molecule has 0 spiro atoms. The van der Waals surface area contributed by atoms with E-state index in [1.54, 1.807) is 51.5 Å². The van der Waals surface area contributed by atoms with Crippen molar-refractivity contribution in [2.75, 3.05) is 0 Å². The topological polar surface area (TPSA) is 69.4 Å². The van der Waals surface area contributed by atoms with Crippen LogP contribution in [0.25, 0.3) is 22.4 Å². The molecule has 0 unspecified atom stereocenters. The quantitative estimate of drug-likeness (QED) is 0.338. The minimum Gasteiger partial charge on any atom is -0.442 e. The zero-order valence-corrected chi connectivity index (χ0v) is 19.3. The molecule has 2 aromatic heterocycles. The van der Waals surface area contributed by atoms with E-state index in [-0.39, 0.29) is 12.4 Å². The highest BCUT2D eigenvalue weighted by Gasteiger charge is 2.27. The summed E-state index contributed by atoms with van der Waals surface area (Å²) in [6.07, 6.45) is 4.48. The summed E-state index contributed by atoms with van der Waals surface area (Å²) in [5.41, 5.74) is 3.52. The van der Waals surface area contributed by atoms with E-state index in [0.29, 0.717) is 22.5 Å². The van der Waals surface area contributed by atoms with Crippen molar-refractivity contribution < 1.29 is 13.9 Å². The minimum atomic E-state index is -0.708. The molecule has 4 rings (SSSR count). The van der Waals surface area contributed by atoms with Crippen LogP contribution < -0.4 is 0 Å². The maximum absolute atomic E-state index is 13.6. The number of ether oxygens (including phenoxy) is 1. The van der Waals surface area contributed by atoms with Crippen LogP contribution in [0.1, 0.15) is 32.0 Å². The van der Waals surface area contributed by atoms with Gasteiger partial charge in [-0.3, -0.25) is 9.98 Å². The minimum absolute atomic E-state index is 0.181. The number of nitrogens with zero attached hydrogens (tertiary/aromatic N) is 4. The molecule has 4 aromatic rings. The Labute approximate surface area is 197 Å². The smallest absolute Gasteiger partial charge is 0.435 e. The maximum atomic E-state index is 13.6. The Morgan fingerprint density at radius 3 is 2.32 bits per heavy atom. The van der Waals surface area contributed by atoms with Crippen molar-refractivity contribution in [2.24, 2.45) is 4.99 Å². The van der Waals surface area contributed by atoms with E-state index in [2.05, 4.69) is 15.1 Å². The van der Waals surface area contributed by atoms with E-state index < -0.39 is 11.7 Å². The molecule has 0 amide bonds. The van der Waals surface area contributed by atoms with Crippen LogP contribution in [0.3, 0.4) is 0 Å². The molecule has 0 bridgehead atoms. The number of carbonyl (C=O) groups excluding carboxylic acids is 1. The molecule has 0 saturated carbocycles. The first-order chi connectivity index (χ1) is 16.3. The number of aromatic nitrogens is 3. The SMILES string of the molecule is CC(C)(C)OC(=O)n1nc(-c2ccc(F)cc2)c(-c2ccncc2)c1C/N=C\c1ccccc1. The van der Waals surface area contributed by atoms with Crippen molar-refractivity contribution in [1.29, 1.82) is 0 Å². The number of carbonyl (C=O) groups is 1. The first kappa shape index (κ1) is 23.0. The molecule has 0 radical (unpaired) electrons. The molecule has 0 saturated heterocycles. The van der Waals surface area contributed by atoms with Crippen molar-refractivity contribution in [3.63, 3.8) is 0 Å². The summed E-state index contributed by atoms with van der Waals surface area (Å²) in [6.45, 7) is 5.57. The second-order valence-corrected chi connectivity index (χ2v) is 8.69. The van der Waals surface area contributed by atoms with Crippen molar-refractivity contribution in [2.45, 2.75) is 32.9 Å². The van der Waals surface area contributed by atoms with Crippen LogP contribution in [0.15, 0.2) is 84.1 Å². The highest BCUT2D eigenvalue weighted by Crippen LogP contribution is 2.35. The molecule has 2 heterocycles. The summed E-state index contributed by atoms with van der Waals surface area (Å²) in [5, 5.41) is 4.62. The predicted octanol–water partition coefficient (Wildman–Crippen LogP) is 6.15. The van der Waals surface area contributed by atoms with E-state index in [9.17, 15) is 9.18 Å². The Balaban J connectivity index is 1.88. The highest BCUT2D eigenvalue weighted by atomic mass is 19.1. The molecule has 0 aliphatic heterocycles. The molecule has 34 heavy (non-hydrogen) atoms. The summed E-state index contributed by atoms with van der Waals surface area (Å²) < 4.78 is 20.5. The van der Waals surface area contributed by atoms with Gasteiger partial charge >= 0.3 is 6.09 Å². The summed E-state index contributed by atoms with van der Waals surface area (Å²) in [7, 11) is 0. The summed E-state index contributed by atoms with van der Waals surface area (Å²) in [6, 6.07) is 19.4. The monoisotopic (exact) mass is 456 g/mol. The molecule has 0 fully saturated rings. The lowest BCUT2D eigenvalue weighted by atomic mass is 9.99. The van der Waals surface area contributed by atoms with E-state index in [4.69, 9.17) is 4.74 Å². The van der Waals surface area contributed by atoms with Crippen LogP contribution in [0.2, 0.25) is 0 Å². The van der Waals surface area contributed by atoms with Gasteiger partial charge in [-0.15, -0.1) is 0 Å². The molecule has 0 aliphatic rings. The fourth-order valence-electron chi connectivity index (χ4n) is 3.46. The molecular formula is C27H25FN4O2. The van der Waals surface area contributed by atoms with E-state index in [1.807, 2.05) is 42.5 Å². The van der Waals surface area contributed by atoms with Crippen molar-refractivity contribution in [3.05, 3.63) is 96.2 Å². The standard InChI is InChI=1S/C27H25FN4O2/c1-27(2,3)34-26(33)32-23(18-30-17-19-7-5-4-6-8-19)24(20-13-15-29-16-14-20)25(31-32)21-9-11-22(28)12-10-21/h4-17H,18H2,1-3H3/b30-17-. The van der Waals surface area contributed by atoms with E-state index in [0.717, 1.165) is 11.1 Å². The molecule has 172 valence electrons. The summed E-state index contributed by atoms with van der Waals surface area (Å²) in [4.78, 5) is 21.8. The number of halogens is 1. The van der Waals surface area contributed by atoms with Gasteiger partial charge in [-0.1, -0.05) is 30.3 Å². The molecule has 0 N–H and O–H groups in total. The first-order valence-corrected chi connectivity index (χ1v) is 10.9. The second-order valence-electron chi connectivity index (χ2n) is 8.69.